The van der Waals surface area contributed by atoms with Crippen LogP contribution >= 0.6 is 0 Å². The molecule has 3 rings (SSSR count). The van der Waals surface area contributed by atoms with Crippen LogP contribution in [0.3, 0.4) is 0 Å². The molecule has 17 unspecified atom stereocenters. The van der Waals surface area contributed by atoms with E-state index in [1.807, 2.05) is 0 Å². The number of aliphatic hydroxyl groups is 11. The van der Waals surface area contributed by atoms with Gasteiger partial charge >= 0.3 is 0 Å². The zero-order valence-electron chi connectivity index (χ0n) is 64.3. The van der Waals surface area contributed by atoms with Crippen molar-refractivity contribution in [2.45, 2.75) is 426 Å². The van der Waals surface area contributed by atoms with Crippen LogP contribution in [0.1, 0.15) is 322 Å². The zero-order chi connectivity index (χ0) is 74.6. The van der Waals surface area contributed by atoms with Gasteiger partial charge in [0, 0.05) is 6.42 Å². The summed E-state index contributed by atoms with van der Waals surface area (Å²) < 4.78 is 34.5. The van der Waals surface area contributed by atoms with Crippen LogP contribution in [-0.4, -0.2) is 193 Å². The lowest BCUT2D eigenvalue weighted by Gasteiger charge is -2.48. The molecule has 103 heavy (non-hydrogen) atoms. The molecule has 0 saturated carbocycles. The van der Waals surface area contributed by atoms with Gasteiger partial charge in [0.25, 0.3) is 0 Å². The van der Waals surface area contributed by atoms with Gasteiger partial charge in [0.2, 0.25) is 5.91 Å². The second-order valence-corrected chi connectivity index (χ2v) is 29.6. The lowest BCUT2D eigenvalue weighted by atomic mass is 9.96. The first-order valence-corrected chi connectivity index (χ1v) is 41.7. The van der Waals surface area contributed by atoms with Crippen molar-refractivity contribution in [3.8, 4) is 0 Å². The Hall–Kier alpha value is -2.77. The number of aliphatic hydroxyl groups excluding tert-OH is 11. The molecule has 0 aromatic heterocycles. The van der Waals surface area contributed by atoms with E-state index < -0.39 is 124 Å². The first kappa shape index (κ1) is 94.4. The first-order chi connectivity index (χ1) is 50.3. The molecule has 0 aliphatic carbocycles. The van der Waals surface area contributed by atoms with Crippen LogP contribution in [0.4, 0.5) is 0 Å². The number of ether oxygens (including phenoxy) is 6. The summed E-state index contributed by atoms with van der Waals surface area (Å²) >= 11 is 0. The number of carbonyl (C=O) groups is 1. The lowest BCUT2D eigenvalue weighted by molar-refractivity contribution is -0.379. The molecule has 3 fully saturated rings. The van der Waals surface area contributed by atoms with Crippen molar-refractivity contribution in [3.63, 3.8) is 0 Å². The number of unbranched alkanes of at least 4 members (excludes halogenated alkanes) is 38. The SMILES string of the molecule is CC/C=C\C/C=C\C/C=C\C/C=C\C/C=C\C/C=C\CCCCCCCCCCC(=O)NC(COC1OC(CO)C(OC2OC(CO)C(OC3OC(CO)C(O)C(O)C3O)C(O)C2O)C(O)C1O)C(O)CCCCCCCCCCCCCCCCCCCCCCCCCCCCCCCCC. The predicted octanol–water partition coefficient (Wildman–Crippen LogP) is 14.4. The molecule has 600 valence electrons. The number of rotatable bonds is 66. The maximum atomic E-state index is 13.5. The van der Waals surface area contributed by atoms with E-state index in [1.54, 1.807) is 0 Å². The summed E-state index contributed by atoms with van der Waals surface area (Å²) in [5.74, 6) is -0.250. The molecular formula is C84H151NO18. The monoisotopic (exact) mass is 1460 g/mol. The van der Waals surface area contributed by atoms with E-state index >= 15 is 0 Å². The third-order valence-corrected chi connectivity index (χ3v) is 20.5. The molecule has 12 N–H and O–H groups in total. The fourth-order valence-corrected chi connectivity index (χ4v) is 13.9. The molecule has 19 nitrogen and oxygen atoms in total. The first-order valence-electron chi connectivity index (χ1n) is 41.7. The Kier molecular flexibility index (Phi) is 58.8. The maximum absolute atomic E-state index is 13.5. The fraction of sp³-hybridized carbons (Fsp3) is 0.845. The second kappa shape index (κ2) is 64.1. The normalized spacial score (nSPS) is 26.4. The van der Waals surface area contributed by atoms with Crippen molar-refractivity contribution in [1.82, 2.24) is 5.32 Å². The summed E-state index contributed by atoms with van der Waals surface area (Å²) in [6.45, 7) is 1.72. The number of allylic oxidation sites excluding steroid dienone is 12. The van der Waals surface area contributed by atoms with Gasteiger partial charge < -0.3 is 89.9 Å². The summed E-state index contributed by atoms with van der Waals surface area (Å²) in [6, 6.07) is -0.899. The van der Waals surface area contributed by atoms with Crippen LogP contribution < -0.4 is 5.32 Å². The van der Waals surface area contributed by atoms with Crippen LogP contribution in [0.2, 0.25) is 0 Å². The minimum atomic E-state index is -1.98. The predicted molar refractivity (Wildman–Crippen MR) is 411 cm³/mol. The van der Waals surface area contributed by atoms with Crippen molar-refractivity contribution in [3.05, 3.63) is 72.9 Å². The van der Waals surface area contributed by atoms with Gasteiger partial charge in [-0.25, -0.2) is 0 Å². The molecule has 0 aromatic carbocycles. The van der Waals surface area contributed by atoms with Crippen LogP contribution in [0.15, 0.2) is 72.9 Å². The molecule has 0 radical (unpaired) electrons. The molecule has 3 aliphatic heterocycles. The quantitative estimate of drug-likeness (QED) is 0.0199. The summed E-state index contributed by atoms with van der Waals surface area (Å²) in [5, 5.41) is 121. The number of nitrogens with one attached hydrogen (secondary N) is 1. The molecule has 3 saturated heterocycles. The third kappa shape index (κ3) is 43.9. The Bertz CT molecular complexity index is 2140. The minimum absolute atomic E-state index is 0.250. The van der Waals surface area contributed by atoms with E-state index in [0.29, 0.717) is 12.8 Å². The highest BCUT2D eigenvalue weighted by atomic mass is 16.8. The topological polar surface area (TPSA) is 307 Å². The van der Waals surface area contributed by atoms with Gasteiger partial charge in [-0.1, -0.05) is 324 Å². The Morgan fingerprint density at radius 1 is 0.359 bits per heavy atom. The van der Waals surface area contributed by atoms with E-state index in [9.17, 15) is 61.0 Å². The molecule has 19 heteroatoms. The van der Waals surface area contributed by atoms with E-state index in [2.05, 4.69) is 92.1 Å². The second-order valence-electron chi connectivity index (χ2n) is 29.6. The number of carbonyl (C=O) groups excluding carboxylic acids is 1. The van der Waals surface area contributed by atoms with Gasteiger partial charge in [-0.3, -0.25) is 4.79 Å². The molecule has 0 bridgehead atoms. The number of hydrogen-bond acceptors (Lipinski definition) is 18. The average Bonchev–Trinajstić information content (AvgIpc) is 0.781. The van der Waals surface area contributed by atoms with Gasteiger partial charge in [-0.2, -0.15) is 0 Å². The highest BCUT2D eigenvalue weighted by molar-refractivity contribution is 5.76. The van der Waals surface area contributed by atoms with Gasteiger partial charge in [0.05, 0.1) is 38.6 Å². The van der Waals surface area contributed by atoms with Crippen molar-refractivity contribution in [2.75, 3.05) is 26.4 Å². The Balaban J connectivity index is 1.36. The van der Waals surface area contributed by atoms with E-state index in [0.717, 1.165) is 96.3 Å². The fourth-order valence-electron chi connectivity index (χ4n) is 13.9. The zero-order valence-corrected chi connectivity index (χ0v) is 64.3. The minimum Gasteiger partial charge on any atom is -0.394 e. The molecular weight excluding hydrogens is 1310 g/mol. The highest BCUT2D eigenvalue weighted by Crippen LogP contribution is 2.33. The standard InChI is InChI=1S/C84H151NO18/c1-3-5-7-9-11-13-15-17-19-21-23-25-27-29-31-32-33-34-36-37-39-41-43-45-47-49-51-53-55-57-59-61-68(89)67(85-72(90)62-60-58-56-54-52-50-48-46-44-42-40-38-35-30-28-26-24-22-20-18-16-14-12-10-8-6-4-2)66-98-82-78(96)75(93)80(70(64-87)100-82)103-84-79(97)76(94)81(71(65-88)101-84)102-83-77(95)74(92)73(91)69(63-86)99-83/h6,8,12,14,18,20,24,26,30,35,40,42,67-71,73-84,86-89,91-97H,3-5,7,9-11,13,15-17,19,21-23,25,27-29,31-34,36-39,41,43-66H2,1-2H3,(H,85,90)/b8-6-,14-12-,20-18-,26-24-,35-30-,42-40-. The summed E-state index contributed by atoms with van der Waals surface area (Å²) in [6.07, 6.45) is 57.0. The number of amides is 1. The average molecular weight is 1460 g/mol. The van der Waals surface area contributed by atoms with Crippen LogP contribution in [0.5, 0.6) is 0 Å². The summed E-state index contributed by atoms with van der Waals surface area (Å²) in [4.78, 5) is 13.5. The maximum Gasteiger partial charge on any atom is 0.220 e. The van der Waals surface area contributed by atoms with Crippen molar-refractivity contribution in [2.24, 2.45) is 0 Å². The molecule has 0 spiro atoms. The van der Waals surface area contributed by atoms with Crippen molar-refractivity contribution >= 4 is 5.91 Å². The largest absolute Gasteiger partial charge is 0.394 e. The van der Waals surface area contributed by atoms with Gasteiger partial charge in [-0.15, -0.1) is 0 Å². The molecule has 17 atom stereocenters. The highest BCUT2D eigenvalue weighted by Gasteiger charge is 2.54. The molecule has 1 amide bonds. The van der Waals surface area contributed by atoms with Gasteiger partial charge in [0.1, 0.15) is 73.2 Å². The van der Waals surface area contributed by atoms with Crippen molar-refractivity contribution < 1.29 is 89.4 Å². The molecule has 3 heterocycles. The van der Waals surface area contributed by atoms with E-state index in [4.69, 9.17) is 28.4 Å². The molecule has 3 aliphatic rings. The summed E-state index contributed by atoms with van der Waals surface area (Å²) in [5.41, 5.74) is 0. The molecule has 0 aromatic rings. The van der Waals surface area contributed by atoms with Crippen LogP contribution in [0, 0.1) is 0 Å². The lowest BCUT2D eigenvalue weighted by Crippen LogP contribution is -2.66. The van der Waals surface area contributed by atoms with Crippen LogP contribution in [-0.2, 0) is 33.2 Å². The Morgan fingerprint density at radius 3 is 1.05 bits per heavy atom. The Labute approximate surface area is 623 Å². The summed E-state index contributed by atoms with van der Waals surface area (Å²) in [7, 11) is 0. The van der Waals surface area contributed by atoms with Crippen LogP contribution in [0.25, 0.3) is 0 Å². The van der Waals surface area contributed by atoms with Crippen molar-refractivity contribution in [1.29, 1.82) is 0 Å². The van der Waals surface area contributed by atoms with Gasteiger partial charge in [-0.05, 0) is 64.2 Å². The van der Waals surface area contributed by atoms with Gasteiger partial charge in [0.15, 0.2) is 18.9 Å². The Morgan fingerprint density at radius 2 is 0.670 bits per heavy atom. The number of hydrogen-bond donors (Lipinski definition) is 12. The third-order valence-electron chi connectivity index (χ3n) is 20.5. The van der Waals surface area contributed by atoms with E-state index in [-0.39, 0.29) is 18.9 Å². The smallest absolute Gasteiger partial charge is 0.220 e. The van der Waals surface area contributed by atoms with E-state index in [1.165, 1.54) is 193 Å².